The predicted molar refractivity (Wildman–Crippen MR) is 42.1 cm³/mol. The molecule has 0 unspecified atom stereocenters. The van der Waals surface area contributed by atoms with Crippen LogP contribution in [0.1, 0.15) is 0 Å². The van der Waals surface area contributed by atoms with Gasteiger partial charge in [0.1, 0.15) is 24.9 Å². The third-order valence-electron chi connectivity index (χ3n) is 1.69. The van der Waals surface area contributed by atoms with E-state index < -0.39 is 43.5 Å². The highest BCUT2D eigenvalue weighted by molar-refractivity contribution is 5.84. The third kappa shape index (κ3) is 3.28. The van der Waals surface area contributed by atoms with Crippen LogP contribution in [0.3, 0.4) is 0 Å². The molecule has 0 aromatic carbocycles. The Balaban J connectivity index is 4.30. The van der Waals surface area contributed by atoms with Crippen LogP contribution in [0, 0.1) is 0 Å². The molecule has 0 saturated carbocycles. The fraction of sp³-hybridized carbons (Fsp3) is 0.857. The van der Waals surface area contributed by atoms with Crippen LogP contribution < -0.4 is 0 Å². The maximum atomic E-state index is 12.8. The number of halogens is 1. The maximum absolute atomic E-state index is 12.8. The first kappa shape index (κ1) is 13.4. The normalized spacial score (nSPS) is 19.9. The van der Waals surface area contributed by atoms with Crippen LogP contribution >= 0.6 is 0 Å². The Morgan fingerprint density at radius 3 is 2.00 bits per heavy atom. The molecule has 5 N–H and O–H groups in total. The van der Waals surface area contributed by atoms with Gasteiger partial charge in [0.05, 0.1) is 6.61 Å². The van der Waals surface area contributed by atoms with Crippen molar-refractivity contribution < 1.29 is 34.7 Å². The van der Waals surface area contributed by atoms with Crippen molar-refractivity contribution in [2.75, 3.05) is 13.2 Å². The molecule has 0 rings (SSSR count). The topological polar surface area (TPSA) is 118 Å². The van der Waals surface area contributed by atoms with Crippen LogP contribution in [0.2, 0.25) is 0 Å². The van der Waals surface area contributed by atoms with E-state index in [0.29, 0.717) is 0 Å². The van der Waals surface area contributed by atoms with E-state index in [9.17, 15) is 9.18 Å². The Morgan fingerprint density at radius 1 is 1.14 bits per heavy atom. The van der Waals surface area contributed by atoms with Crippen molar-refractivity contribution in [1.29, 1.82) is 0 Å². The average Bonchev–Trinajstić information content (AvgIpc) is 2.23. The van der Waals surface area contributed by atoms with E-state index >= 15 is 0 Å². The second-order valence-corrected chi connectivity index (χ2v) is 2.76. The molecule has 0 aliphatic carbocycles. The molecule has 0 fully saturated rings. The monoisotopic (exact) mass is 212 g/mol. The van der Waals surface area contributed by atoms with Gasteiger partial charge in [-0.15, -0.1) is 0 Å². The molecule has 0 spiro atoms. The minimum atomic E-state index is -2.49. The Hall–Kier alpha value is -0.600. The van der Waals surface area contributed by atoms with Gasteiger partial charge in [-0.2, -0.15) is 0 Å². The van der Waals surface area contributed by atoms with Gasteiger partial charge in [0.2, 0.25) is 0 Å². The summed E-state index contributed by atoms with van der Waals surface area (Å²) in [5, 5.41) is 43.3. The Labute approximate surface area is 79.2 Å². The molecular formula is C7H13FO6. The van der Waals surface area contributed by atoms with Crippen molar-refractivity contribution in [1.82, 2.24) is 0 Å². The smallest absolute Gasteiger partial charge is 0.194 e. The number of aliphatic hydroxyl groups is 5. The molecule has 7 heteroatoms. The lowest BCUT2D eigenvalue weighted by Gasteiger charge is -2.23. The first-order chi connectivity index (χ1) is 6.45. The van der Waals surface area contributed by atoms with Crippen LogP contribution in [0.25, 0.3) is 0 Å². The zero-order chi connectivity index (χ0) is 11.3. The van der Waals surface area contributed by atoms with Gasteiger partial charge in [-0.05, 0) is 0 Å². The van der Waals surface area contributed by atoms with Crippen LogP contribution in [0.5, 0.6) is 0 Å². The van der Waals surface area contributed by atoms with E-state index in [1.54, 1.807) is 0 Å². The number of rotatable bonds is 6. The number of Topliss-reactive ketones (excluding diaryl/α,β-unsaturated/α-hetero) is 1. The van der Waals surface area contributed by atoms with Crippen LogP contribution in [0.15, 0.2) is 0 Å². The molecule has 0 heterocycles. The number of hydrogen-bond donors (Lipinski definition) is 5. The largest absolute Gasteiger partial charge is 0.394 e. The third-order valence-corrected chi connectivity index (χ3v) is 1.69. The molecule has 0 radical (unpaired) electrons. The molecule has 0 aromatic heterocycles. The number of carbonyl (C=O) groups excluding carboxylic acids is 1. The lowest BCUT2D eigenvalue weighted by molar-refractivity contribution is -0.140. The summed E-state index contributed by atoms with van der Waals surface area (Å²) < 4.78 is 12.8. The minimum absolute atomic E-state index is 0.877. The molecule has 0 amide bonds. The van der Waals surface area contributed by atoms with Crippen molar-refractivity contribution >= 4 is 5.78 Å². The molecular weight excluding hydrogens is 199 g/mol. The summed E-state index contributed by atoms with van der Waals surface area (Å²) in [5.41, 5.74) is 0. The second kappa shape index (κ2) is 5.99. The van der Waals surface area contributed by atoms with Crippen molar-refractivity contribution in [2.45, 2.75) is 24.5 Å². The van der Waals surface area contributed by atoms with Crippen molar-refractivity contribution in [3.8, 4) is 0 Å². The number of aliphatic hydroxyl groups excluding tert-OH is 5. The number of carbonyl (C=O) groups is 1. The summed E-state index contributed by atoms with van der Waals surface area (Å²) in [5.74, 6) is -1.30. The zero-order valence-corrected chi connectivity index (χ0v) is 7.25. The van der Waals surface area contributed by atoms with E-state index in [1.807, 2.05) is 0 Å². The SMILES string of the molecule is O=C(CO)[C@H](F)[C@@H](O)[C@H](O)[C@H](O)CO. The summed E-state index contributed by atoms with van der Waals surface area (Å²) in [4.78, 5) is 10.5. The second-order valence-electron chi connectivity index (χ2n) is 2.76. The number of alkyl halides is 1. The van der Waals surface area contributed by atoms with E-state index in [0.717, 1.165) is 0 Å². The molecule has 0 aliphatic heterocycles. The first-order valence-electron chi connectivity index (χ1n) is 3.88. The number of hydrogen-bond acceptors (Lipinski definition) is 6. The van der Waals surface area contributed by atoms with E-state index in [1.165, 1.54) is 0 Å². The van der Waals surface area contributed by atoms with Gasteiger partial charge >= 0.3 is 0 Å². The fourth-order valence-electron chi connectivity index (χ4n) is 0.786. The summed E-state index contributed by atoms with van der Waals surface area (Å²) in [6.07, 6.45) is -8.38. The van der Waals surface area contributed by atoms with Gasteiger partial charge in [-0.1, -0.05) is 0 Å². The highest BCUT2D eigenvalue weighted by Crippen LogP contribution is 2.08. The zero-order valence-electron chi connectivity index (χ0n) is 7.25. The molecule has 0 aromatic rings. The molecule has 6 nitrogen and oxygen atoms in total. The van der Waals surface area contributed by atoms with Crippen molar-refractivity contribution in [3.05, 3.63) is 0 Å². The quantitative estimate of drug-likeness (QED) is 0.319. The highest BCUT2D eigenvalue weighted by Gasteiger charge is 2.34. The molecule has 84 valence electrons. The lowest BCUT2D eigenvalue weighted by atomic mass is 10.0. The van der Waals surface area contributed by atoms with Crippen LogP contribution in [-0.2, 0) is 4.79 Å². The van der Waals surface area contributed by atoms with Gasteiger partial charge in [-0.25, -0.2) is 4.39 Å². The van der Waals surface area contributed by atoms with E-state index in [4.69, 9.17) is 25.5 Å². The van der Waals surface area contributed by atoms with E-state index in [-0.39, 0.29) is 0 Å². The lowest BCUT2D eigenvalue weighted by Crippen LogP contribution is -2.47. The molecule has 0 saturated heterocycles. The average molecular weight is 212 g/mol. The van der Waals surface area contributed by atoms with Crippen molar-refractivity contribution in [3.63, 3.8) is 0 Å². The number of ketones is 1. The van der Waals surface area contributed by atoms with Gasteiger partial charge < -0.3 is 25.5 Å². The highest BCUT2D eigenvalue weighted by atomic mass is 19.1. The minimum Gasteiger partial charge on any atom is -0.394 e. The van der Waals surface area contributed by atoms with Crippen LogP contribution in [-0.4, -0.2) is 69.0 Å². The summed E-state index contributed by atoms with van der Waals surface area (Å²) in [6, 6.07) is 0. The predicted octanol–water partition coefficient (Wildman–Crippen LogP) is -3.04. The Morgan fingerprint density at radius 2 is 1.64 bits per heavy atom. The Kier molecular flexibility index (Phi) is 5.73. The van der Waals surface area contributed by atoms with Crippen LogP contribution in [0.4, 0.5) is 4.39 Å². The van der Waals surface area contributed by atoms with Gasteiger partial charge in [0.15, 0.2) is 12.0 Å². The van der Waals surface area contributed by atoms with E-state index in [2.05, 4.69) is 0 Å². The molecule has 14 heavy (non-hydrogen) atoms. The summed E-state index contributed by atoms with van der Waals surface area (Å²) >= 11 is 0. The first-order valence-corrected chi connectivity index (χ1v) is 3.88. The molecule has 0 bridgehead atoms. The molecule has 4 atom stereocenters. The summed E-state index contributed by atoms with van der Waals surface area (Å²) in [6.45, 7) is -1.99. The van der Waals surface area contributed by atoms with Gasteiger partial charge in [-0.3, -0.25) is 4.79 Å². The standard InChI is InChI=1S/C7H13FO6/c8-5(3(11)1-9)7(14)6(13)4(12)2-10/h4-7,9-10,12-14H,1-2H2/t4-,5+,6-,7-/m1/s1. The summed E-state index contributed by atoms with van der Waals surface area (Å²) in [7, 11) is 0. The molecule has 0 aliphatic rings. The fourth-order valence-corrected chi connectivity index (χ4v) is 0.786. The van der Waals surface area contributed by atoms with Gasteiger partial charge in [0.25, 0.3) is 0 Å². The maximum Gasteiger partial charge on any atom is 0.194 e. The van der Waals surface area contributed by atoms with Gasteiger partial charge in [0, 0.05) is 0 Å². The Bertz CT molecular complexity index is 187. The van der Waals surface area contributed by atoms with Crippen molar-refractivity contribution in [2.24, 2.45) is 0 Å².